The van der Waals surface area contributed by atoms with Crippen molar-refractivity contribution < 1.29 is 9.13 Å². The molecule has 2 aromatic rings. The van der Waals surface area contributed by atoms with Crippen molar-refractivity contribution in [2.24, 2.45) is 5.92 Å². The summed E-state index contributed by atoms with van der Waals surface area (Å²) in [6.07, 6.45) is 3.14. The third-order valence-corrected chi connectivity index (χ3v) is 2.91. The summed E-state index contributed by atoms with van der Waals surface area (Å²) in [6, 6.07) is 5.00. The second-order valence-corrected chi connectivity index (χ2v) is 5.36. The summed E-state index contributed by atoms with van der Waals surface area (Å²) < 4.78 is 19.2. The van der Waals surface area contributed by atoms with E-state index in [0.29, 0.717) is 18.0 Å². The van der Waals surface area contributed by atoms with Crippen molar-refractivity contribution in [2.75, 3.05) is 6.54 Å². The van der Waals surface area contributed by atoms with E-state index in [1.165, 1.54) is 6.20 Å². The molecule has 1 aromatic heterocycles. The molecule has 0 saturated heterocycles. The van der Waals surface area contributed by atoms with Crippen molar-refractivity contribution in [1.82, 2.24) is 15.3 Å². The number of rotatable bonds is 6. The van der Waals surface area contributed by atoms with E-state index in [1.807, 2.05) is 0 Å². The smallest absolute Gasteiger partial charge is 0.237 e. The Hall–Kier alpha value is -2.01. The molecule has 1 heterocycles. The lowest BCUT2D eigenvalue weighted by Crippen LogP contribution is -2.19. The molecule has 0 aliphatic heterocycles. The van der Waals surface area contributed by atoms with Crippen molar-refractivity contribution in [3.05, 3.63) is 47.7 Å². The van der Waals surface area contributed by atoms with Crippen LogP contribution in [0.5, 0.6) is 11.6 Å². The Morgan fingerprint density at radius 3 is 2.71 bits per heavy atom. The minimum Gasteiger partial charge on any atom is -0.434 e. The molecule has 0 spiro atoms. The first kappa shape index (κ1) is 15.4. The highest BCUT2D eigenvalue weighted by atomic mass is 19.1. The summed E-state index contributed by atoms with van der Waals surface area (Å²) in [5, 5.41) is 3.28. The molecule has 2 rings (SSSR count). The van der Waals surface area contributed by atoms with E-state index in [-0.39, 0.29) is 17.4 Å². The van der Waals surface area contributed by atoms with Gasteiger partial charge in [-0.3, -0.25) is 4.98 Å². The van der Waals surface area contributed by atoms with Gasteiger partial charge in [0, 0.05) is 6.54 Å². The van der Waals surface area contributed by atoms with Gasteiger partial charge in [-0.25, -0.2) is 9.37 Å². The Balaban J connectivity index is 1.97. The minimum atomic E-state index is -0.373. The Bertz CT molecular complexity index is 585. The van der Waals surface area contributed by atoms with E-state index in [4.69, 9.17) is 4.74 Å². The highest BCUT2D eigenvalue weighted by Crippen LogP contribution is 2.24. The Morgan fingerprint density at radius 1 is 1.24 bits per heavy atom. The monoisotopic (exact) mass is 289 g/mol. The van der Waals surface area contributed by atoms with Gasteiger partial charge < -0.3 is 10.1 Å². The summed E-state index contributed by atoms with van der Waals surface area (Å²) in [7, 11) is 0. The molecule has 21 heavy (non-hydrogen) atoms. The zero-order chi connectivity index (χ0) is 15.2. The number of aryl methyl sites for hydroxylation is 1. The van der Waals surface area contributed by atoms with Crippen LogP contribution in [-0.2, 0) is 6.54 Å². The molecule has 0 atom stereocenters. The molecule has 0 aliphatic carbocycles. The maximum atomic E-state index is 13.8. The Labute approximate surface area is 124 Å². The first-order chi connectivity index (χ1) is 10.1. The fraction of sp³-hybridized carbons (Fsp3) is 0.375. The predicted octanol–water partition coefficient (Wildman–Crippen LogP) is 3.46. The van der Waals surface area contributed by atoms with Crippen LogP contribution in [0.3, 0.4) is 0 Å². The lowest BCUT2D eigenvalue weighted by atomic mass is 10.2. The molecule has 0 amide bonds. The van der Waals surface area contributed by atoms with E-state index in [9.17, 15) is 4.39 Å². The molecule has 1 N–H and O–H groups in total. The van der Waals surface area contributed by atoms with Crippen molar-refractivity contribution >= 4 is 0 Å². The molecule has 0 aliphatic rings. The number of halogens is 1. The van der Waals surface area contributed by atoms with Crippen LogP contribution >= 0.6 is 0 Å². The molecule has 5 heteroatoms. The molecule has 0 saturated carbocycles. The standard InChI is InChI=1S/C16H20FN3O/c1-11(2)7-18-8-13-9-20-15(10-19-13)21-14-6-4-5-12(3)16(14)17/h4-6,9-11,18H,7-8H2,1-3H3. The maximum Gasteiger partial charge on any atom is 0.237 e. The number of aromatic nitrogens is 2. The Morgan fingerprint density at radius 2 is 2.05 bits per heavy atom. The quantitative estimate of drug-likeness (QED) is 0.884. The fourth-order valence-electron chi connectivity index (χ4n) is 1.79. The van der Waals surface area contributed by atoms with E-state index >= 15 is 0 Å². The van der Waals surface area contributed by atoms with Gasteiger partial charge in [0.15, 0.2) is 11.6 Å². The van der Waals surface area contributed by atoms with E-state index in [0.717, 1.165) is 12.2 Å². The molecule has 112 valence electrons. The number of nitrogens with one attached hydrogen (secondary N) is 1. The van der Waals surface area contributed by atoms with Gasteiger partial charge in [-0.1, -0.05) is 26.0 Å². The van der Waals surface area contributed by atoms with Gasteiger partial charge in [0.2, 0.25) is 5.88 Å². The number of hydrogen-bond donors (Lipinski definition) is 1. The molecular weight excluding hydrogens is 269 g/mol. The summed E-state index contributed by atoms with van der Waals surface area (Å²) in [5.41, 5.74) is 1.36. The van der Waals surface area contributed by atoms with Crippen LogP contribution in [0.15, 0.2) is 30.6 Å². The maximum absolute atomic E-state index is 13.8. The topological polar surface area (TPSA) is 47.0 Å². The number of ether oxygens (including phenoxy) is 1. The van der Waals surface area contributed by atoms with Gasteiger partial charge in [-0.2, -0.15) is 0 Å². The van der Waals surface area contributed by atoms with Crippen LogP contribution in [-0.4, -0.2) is 16.5 Å². The molecular formula is C16H20FN3O. The predicted molar refractivity (Wildman–Crippen MR) is 79.8 cm³/mol. The second-order valence-electron chi connectivity index (χ2n) is 5.36. The van der Waals surface area contributed by atoms with Crippen LogP contribution in [0.4, 0.5) is 4.39 Å². The second kappa shape index (κ2) is 7.13. The van der Waals surface area contributed by atoms with Crippen molar-refractivity contribution in [3.8, 4) is 11.6 Å². The number of nitrogens with zero attached hydrogens (tertiary/aromatic N) is 2. The fourth-order valence-corrected chi connectivity index (χ4v) is 1.79. The molecule has 0 unspecified atom stereocenters. The van der Waals surface area contributed by atoms with Crippen LogP contribution < -0.4 is 10.1 Å². The van der Waals surface area contributed by atoms with Gasteiger partial charge in [0.25, 0.3) is 0 Å². The SMILES string of the molecule is Cc1cccc(Oc2cnc(CNCC(C)C)cn2)c1F. The summed E-state index contributed by atoms with van der Waals surface area (Å²) in [4.78, 5) is 8.40. The third kappa shape index (κ3) is 4.49. The van der Waals surface area contributed by atoms with Crippen LogP contribution in [0.2, 0.25) is 0 Å². The van der Waals surface area contributed by atoms with E-state index < -0.39 is 0 Å². The zero-order valence-corrected chi connectivity index (χ0v) is 12.6. The highest BCUT2D eigenvalue weighted by molar-refractivity contribution is 5.32. The Kier molecular flexibility index (Phi) is 5.22. The summed E-state index contributed by atoms with van der Waals surface area (Å²) in [6.45, 7) is 7.56. The van der Waals surface area contributed by atoms with E-state index in [1.54, 1.807) is 31.3 Å². The van der Waals surface area contributed by atoms with Gasteiger partial charge in [0.1, 0.15) is 0 Å². The van der Waals surface area contributed by atoms with Crippen molar-refractivity contribution in [1.29, 1.82) is 0 Å². The molecule has 1 aromatic carbocycles. The lowest BCUT2D eigenvalue weighted by Gasteiger charge is -2.08. The summed E-state index contributed by atoms with van der Waals surface area (Å²) >= 11 is 0. The largest absolute Gasteiger partial charge is 0.434 e. The van der Waals surface area contributed by atoms with Crippen molar-refractivity contribution in [3.63, 3.8) is 0 Å². The van der Waals surface area contributed by atoms with Crippen LogP contribution in [0.25, 0.3) is 0 Å². The van der Waals surface area contributed by atoms with E-state index in [2.05, 4.69) is 29.1 Å². The average Bonchev–Trinajstić information content (AvgIpc) is 2.45. The lowest BCUT2D eigenvalue weighted by molar-refractivity contribution is 0.422. The van der Waals surface area contributed by atoms with Gasteiger partial charge in [-0.05, 0) is 31.0 Å². The molecule has 0 radical (unpaired) electrons. The molecule has 0 fully saturated rings. The first-order valence-corrected chi connectivity index (χ1v) is 7.01. The van der Waals surface area contributed by atoms with Gasteiger partial charge >= 0.3 is 0 Å². The average molecular weight is 289 g/mol. The minimum absolute atomic E-state index is 0.162. The highest BCUT2D eigenvalue weighted by Gasteiger charge is 2.08. The van der Waals surface area contributed by atoms with Crippen molar-refractivity contribution in [2.45, 2.75) is 27.3 Å². The van der Waals surface area contributed by atoms with Gasteiger partial charge in [0.05, 0.1) is 18.1 Å². The van der Waals surface area contributed by atoms with Crippen LogP contribution in [0.1, 0.15) is 25.1 Å². The summed E-state index contributed by atoms with van der Waals surface area (Å²) in [5.74, 6) is 0.661. The number of hydrogen-bond acceptors (Lipinski definition) is 4. The zero-order valence-electron chi connectivity index (χ0n) is 12.6. The molecule has 0 bridgehead atoms. The normalized spacial score (nSPS) is 10.9. The number of benzene rings is 1. The third-order valence-electron chi connectivity index (χ3n) is 2.91. The first-order valence-electron chi connectivity index (χ1n) is 7.01. The van der Waals surface area contributed by atoms with Gasteiger partial charge in [-0.15, -0.1) is 0 Å². The van der Waals surface area contributed by atoms with Crippen LogP contribution in [0, 0.1) is 18.7 Å². The molecule has 4 nitrogen and oxygen atoms in total.